The molecule has 1 nitrogen and oxygen atoms in total. The molecular formula is C18H27F2N. The van der Waals surface area contributed by atoms with Gasteiger partial charge in [-0.3, -0.25) is 0 Å². The number of benzene rings is 1. The van der Waals surface area contributed by atoms with E-state index in [1.165, 1.54) is 43.9 Å². The summed E-state index contributed by atoms with van der Waals surface area (Å²) in [6.45, 7) is 5.03. The van der Waals surface area contributed by atoms with E-state index in [1.807, 2.05) is 6.92 Å². The van der Waals surface area contributed by atoms with E-state index in [9.17, 15) is 8.78 Å². The minimum absolute atomic E-state index is 0.0618. The topological polar surface area (TPSA) is 12.0 Å². The molecule has 1 N–H and O–H groups in total. The summed E-state index contributed by atoms with van der Waals surface area (Å²) >= 11 is 0. The summed E-state index contributed by atoms with van der Waals surface area (Å²) in [4.78, 5) is 0. The van der Waals surface area contributed by atoms with Crippen LogP contribution in [-0.2, 0) is 0 Å². The molecule has 0 bridgehead atoms. The van der Waals surface area contributed by atoms with Crippen molar-refractivity contribution >= 4 is 0 Å². The quantitative estimate of drug-likeness (QED) is 0.758. The van der Waals surface area contributed by atoms with Crippen molar-refractivity contribution < 1.29 is 8.78 Å². The summed E-state index contributed by atoms with van der Waals surface area (Å²) in [7, 11) is 0. The molecule has 0 radical (unpaired) electrons. The lowest BCUT2D eigenvalue weighted by atomic mass is 9.75. The number of hydrogen-bond donors (Lipinski definition) is 1. The van der Waals surface area contributed by atoms with Crippen molar-refractivity contribution in [1.82, 2.24) is 5.32 Å². The third kappa shape index (κ3) is 4.26. The van der Waals surface area contributed by atoms with E-state index in [1.54, 1.807) is 0 Å². The van der Waals surface area contributed by atoms with Gasteiger partial charge in [-0.15, -0.1) is 0 Å². The molecule has 1 aromatic rings. The highest BCUT2D eigenvalue weighted by Crippen LogP contribution is 2.39. The van der Waals surface area contributed by atoms with Crippen molar-refractivity contribution in [2.24, 2.45) is 11.8 Å². The SMILES string of the molecule is CCCC1CCC(C(NCC)c2cc(F)ccc2F)CC1. The second-order valence-electron chi connectivity index (χ2n) is 6.27. The average molecular weight is 295 g/mol. The molecule has 0 aromatic heterocycles. The molecule has 3 heteroatoms. The number of halogens is 2. The van der Waals surface area contributed by atoms with Gasteiger partial charge in [-0.25, -0.2) is 8.78 Å². The third-order valence-corrected chi connectivity index (χ3v) is 4.78. The Kier molecular flexibility index (Phi) is 6.16. The van der Waals surface area contributed by atoms with E-state index in [0.29, 0.717) is 11.5 Å². The van der Waals surface area contributed by atoms with Gasteiger partial charge in [0, 0.05) is 11.6 Å². The highest BCUT2D eigenvalue weighted by molar-refractivity contribution is 5.23. The summed E-state index contributed by atoms with van der Waals surface area (Å²) in [5.74, 6) is 0.590. The standard InChI is InChI=1S/C18H27F2N/c1-3-5-13-6-8-14(9-7-13)18(21-4-2)16-12-15(19)10-11-17(16)20/h10-14,18,21H,3-9H2,1-2H3. The van der Waals surface area contributed by atoms with Crippen LogP contribution < -0.4 is 5.32 Å². The predicted octanol–water partition coefficient (Wildman–Crippen LogP) is 5.22. The molecule has 1 aliphatic rings. The summed E-state index contributed by atoms with van der Waals surface area (Å²) in [6, 6.07) is 3.74. The molecule has 1 aromatic carbocycles. The number of hydrogen-bond acceptors (Lipinski definition) is 1. The van der Waals surface area contributed by atoms with E-state index in [0.717, 1.165) is 25.3 Å². The van der Waals surface area contributed by atoms with Gasteiger partial charge < -0.3 is 5.32 Å². The van der Waals surface area contributed by atoms with Crippen molar-refractivity contribution in [2.45, 2.75) is 58.4 Å². The molecule has 2 rings (SSSR count). The van der Waals surface area contributed by atoms with Crippen LogP contribution >= 0.6 is 0 Å². The Balaban J connectivity index is 2.11. The summed E-state index contributed by atoms with van der Waals surface area (Å²) in [5, 5.41) is 3.38. The second-order valence-corrected chi connectivity index (χ2v) is 6.27. The van der Waals surface area contributed by atoms with E-state index in [4.69, 9.17) is 0 Å². The Hall–Kier alpha value is -0.960. The first-order valence-electron chi connectivity index (χ1n) is 8.34. The molecule has 1 atom stereocenters. The largest absolute Gasteiger partial charge is 0.310 e. The van der Waals surface area contributed by atoms with E-state index in [-0.39, 0.29) is 17.7 Å². The van der Waals surface area contributed by atoms with Crippen LogP contribution in [0.4, 0.5) is 8.78 Å². The van der Waals surface area contributed by atoms with E-state index in [2.05, 4.69) is 12.2 Å². The van der Waals surface area contributed by atoms with Crippen molar-refractivity contribution in [1.29, 1.82) is 0 Å². The molecule has 0 aliphatic heterocycles. The Bertz CT molecular complexity index is 439. The first-order chi connectivity index (χ1) is 10.2. The normalized spacial score (nSPS) is 24.0. The Morgan fingerprint density at radius 2 is 1.86 bits per heavy atom. The molecule has 118 valence electrons. The number of rotatable bonds is 6. The molecule has 1 fully saturated rings. The second kappa shape index (κ2) is 7.88. The zero-order chi connectivity index (χ0) is 15.2. The minimum Gasteiger partial charge on any atom is -0.310 e. The lowest BCUT2D eigenvalue weighted by Crippen LogP contribution is -2.31. The highest BCUT2D eigenvalue weighted by atomic mass is 19.1. The van der Waals surface area contributed by atoms with Crippen molar-refractivity contribution in [3.63, 3.8) is 0 Å². The maximum Gasteiger partial charge on any atom is 0.128 e. The fraction of sp³-hybridized carbons (Fsp3) is 0.667. The Morgan fingerprint density at radius 3 is 2.48 bits per heavy atom. The maximum atomic E-state index is 14.1. The molecule has 0 amide bonds. The van der Waals surface area contributed by atoms with E-state index < -0.39 is 0 Å². The zero-order valence-electron chi connectivity index (χ0n) is 13.2. The molecule has 0 heterocycles. The lowest BCUT2D eigenvalue weighted by Gasteiger charge is -2.34. The minimum atomic E-state index is -0.353. The van der Waals surface area contributed by atoms with Crippen molar-refractivity contribution in [3.05, 3.63) is 35.4 Å². The number of nitrogens with one attached hydrogen (secondary N) is 1. The predicted molar refractivity (Wildman–Crippen MR) is 83.1 cm³/mol. The van der Waals surface area contributed by atoms with Gasteiger partial charge >= 0.3 is 0 Å². The molecule has 1 unspecified atom stereocenters. The van der Waals surface area contributed by atoms with Gasteiger partial charge in [-0.05, 0) is 49.4 Å². The fourth-order valence-electron chi connectivity index (χ4n) is 3.72. The van der Waals surface area contributed by atoms with Crippen LogP contribution in [-0.4, -0.2) is 6.54 Å². The van der Waals surface area contributed by atoms with Crippen LogP contribution in [0.25, 0.3) is 0 Å². The van der Waals surface area contributed by atoms with Crippen LogP contribution in [0.15, 0.2) is 18.2 Å². The summed E-state index contributed by atoms with van der Waals surface area (Å²) < 4.78 is 27.6. The first-order valence-corrected chi connectivity index (χ1v) is 8.34. The Morgan fingerprint density at radius 1 is 1.14 bits per heavy atom. The van der Waals surface area contributed by atoms with Crippen LogP contribution in [0.1, 0.15) is 64.0 Å². The van der Waals surface area contributed by atoms with Gasteiger partial charge in [0.25, 0.3) is 0 Å². The lowest BCUT2D eigenvalue weighted by molar-refractivity contribution is 0.213. The van der Waals surface area contributed by atoms with Gasteiger partial charge in [0.05, 0.1) is 0 Å². The smallest absolute Gasteiger partial charge is 0.128 e. The average Bonchev–Trinajstić information content (AvgIpc) is 2.49. The molecule has 1 saturated carbocycles. The van der Waals surface area contributed by atoms with E-state index >= 15 is 0 Å². The van der Waals surface area contributed by atoms with Gasteiger partial charge in [-0.1, -0.05) is 39.5 Å². The van der Waals surface area contributed by atoms with Crippen LogP contribution in [0.5, 0.6) is 0 Å². The van der Waals surface area contributed by atoms with Gasteiger partial charge in [0.1, 0.15) is 11.6 Å². The van der Waals surface area contributed by atoms with Crippen LogP contribution in [0.3, 0.4) is 0 Å². The van der Waals surface area contributed by atoms with Gasteiger partial charge in [0.2, 0.25) is 0 Å². The molecule has 21 heavy (non-hydrogen) atoms. The zero-order valence-corrected chi connectivity index (χ0v) is 13.2. The fourth-order valence-corrected chi connectivity index (χ4v) is 3.72. The monoisotopic (exact) mass is 295 g/mol. The van der Waals surface area contributed by atoms with Crippen molar-refractivity contribution in [2.75, 3.05) is 6.54 Å². The Labute approximate surface area is 127 Å². The highest BCUT2D eigenvalue weighted by Gasteiger charge is 2.29. The molecule has 1 aliphatic carbocycles. The van der Waals surface area contributed by atoms with Gasteiger partial charge in [0.15, 0.2) is 0 Å². The summed E-state index contributed by atoms with van der Waals surface area (Å²) in [5.41, 5.74) is 0.496. The maximum absolute atomic E-state index is 14.1. The van der Waals surface area contributed by atoms with Crippen LogP contribution in [0, 0.1) is 23.5 Å². The molecule has 0 spiro atoms. The van der Waals surface area contributed by atoms with Crippen LogP contribution in [0.2, 0.25) is 0 Å². The third-order valence-electron chi connectivity index (χ3n) is 4.78. The summed E-state index contributed by atoms with van der Waals surface area (Å²) in [6.07, 6.45) is 7.20. The first kappa shape index (κ1) is 16.4. The van der Waals surface area contributed by atoms with Gasteiger partial charge in [-0.2, -0.15) is 0 Å². The van der Waals surface area contributed by atoms with Crippen molar-refractivity contribution in [3.8, 4) is 0 Å². The molecule has 0 saturated heterocycles. The molecular weight excluding hydrogens is 268 g/mol.